The molecule has 1 aliphatic heterocycles. The van der Waals surface area contributed by atoms with Crippen LogP contribution in [0.4, 0.5) is 0 Å². The van der Waals surface area contributed by atoms with Gasteiger partial charge in [-0.1, -0.05) is 22.9 Å². The molecule has 0 saturated carbocycles. The molecule has 0 aliphatic carbocycles. The molecule has 1 aliphatic rings. The molecule has 0 amide bonds. The van der Waals surface area contributed by atoms with Gasteiger partial charge in [-0.05, 0) is 37.1 Å². The van der Waals surface area contributed by atoms with Crippen LogP contribution in [-0.2, 0) is 0 Å². The number of aromatic amines is 1. The van der Waals surface area contributed by atoms with Crippen molar-refractivity contribution >= 4 is 27.0 Å². The summed E-state index contributed by atoms with van der Waals surface area (Å²) in [6.07, 6.45) is 0. The Balaban J connectivity index is 2.10. The first kappa shape index (κ1) is 11.2. The maximum atomic E-state index is 4.77. The number of H-pyrrole nitrogens is 1. The fraction of sp³-hybridized carbons (Fsp3) is 0.462. The molecule has 17 heavy (non-hydrogen) atoms. The molecular weight excluding hydrogens is 278 g/mol. The molecule has 4 heteroatoms. The molecule has 2 heterocycles. The van der Waals surface area contributed by atoms with E-state index in [-0.39, 0.29) is 0 Å². The molecule has 1 saturated heterocycles. The van der Waals surface area contributed by atoms with Gasteiger partial charge in [-0.2, -0.15) is 0 Å². The lowest BCUT2D eigenvalue weighted by molar-refractivity contribution is 0.551. The third-order valence-electron chi connectivity index (χ3n) is 3.63. The number of nitrogens with one attached hydrogen (secondary N) is 2. The lowest BCUT2D eigenvalue weighted by Crippen LogP contribution is -2.09. The van der Waals surface area contributed by atoms with Crippen LogP contribution in [0.5, 0.6) is 0 Å². The second-order valence-electron chi connectivity index (χ2n) is 4.98. The van der Waals surface area contributed by atoms with Gasteiger partial charge in [0.25, 0.3) is 0 Å². The molecule has 0 unspecified atom stereocenters. The van der Waals surface area contributed by atoms with Crippen LogP contribution in [0.2, 0.25) is 0 Å². The Morgan fingerprint density at radius 1 is 1.35 bits per heavy atom. The number of hydrogen-bond donors (Lipinski definition) is 2. The summed E-state index contributed by atoms with van der Waals surface area (Å²) in [4.78, 5) is 8.24. The Hall–Kier alpha value is -0.870. The SMILES string of the molecule is Cc1cc(Br)cc2[nH]c([C@@H]3CNC[C@H]3C)nc12. The number of aromatic nitrogens is 2. The van der Waals surface area contributed by atoms with Crippen molar-refractivity contribution in [3.8, 4) is 0 Å². The quantitative estimate of drug-likeness (QED) is 0.849. The molecule has 3 nitrogen and oxygen atoms in total. The molecule has 2 aromatic rings. The van der Waals surface area contributed by atoms with Gasteiger partial charge in [-0.15, -0.1) is 0 Å². The number of imidazole rings is 1. The number of aryl methyl sites for hydroxylation is 1. The van der Waals surface area contributed by atoms with E-state index < -0.39 is 0 Å². The van der Waals surface area contributed by atoms with E-state index in [0.717, 1.165) is 34.4 Å². The van der Waals surface area contributed by atoms with Gasteiger partial charge in [-0.3, -0.25) is 0 Å². The topological polar surface area (TPSA) is 40.7 Å². The molecule has 90 valence electrons. The first-order valence-electron chi connectivity index (χ1n) is 6.01. The molecular formula is C13H16BrN3. The zero-order chi connectivity index (χ0) is 12.0. The minimum atomic E-state index is 0.514. The van der Waals surface area contributed by atoms with Crippen molar-refractivity contribution in [1.29, 1.82) is 0 Å². The Bertz CT molecular complexity index is 561. The predicted molar refractivity (Wildman–Crippen MR) is 73.3 cm³/mol. The van der Waals surface area contributed by atoms with Crippen LogP contribution in [0.1, 0.15) is 24.2 Å². The summed E-state index contributed by atoms with van der Waals surface area (Å²) in [5.74, 6) is 2.29. The van der Waals surface area contributed by atoms with Crippen LogP contribution < -0.4 is 5.32 Å². The van der Waals surface area contributed by atoms with Gasteiger partial charge in [0.1, 0.15) is 5.82 Å². The van der Waals surface area contributed by atoms with E-state index in [1.807, 2.05) is 0 Å². The molecule has 0 spiro atoms. The van der Waals surface area contributed by atoms with Crippen molar-refractivity contribution in [3.05, 3.63) is 28.0 Å². The van der Waals surface area contributed by atoms with Gasteiger partial charge in [0, 0.05) is 16.9 Å². The zero-order valence-corrected chi connectivity index (χ0v) is 11.6. The highest BCUT2D eigenvalue weighted by atomic mass is 79.9. The number of nitrogens with zero attached hydrogens (tertiary/aromatic N) is 1. The van der Waals surface area contributed by atoms with Gasteiger partial charge >= 0.3 is 0 Å². The van der Waals surface area contributed by atoms with E-state index in [2.05, 4.69) is 52.2 Å². The third-order valence-corrected chi connectivity index (χ3v) is 4.09. The van der Waals surface area contributed by atoms with Crippen molar-refractivity contribution in [3.63, 3.8) is 0 Å². The first-order valence-corrected chi connectivity index (χ1v) is 6.81. The number of hydrogen-bond acceptors (Lipinski definition) is 2. The zero-order valence-electron chi connectivity index (χ0n) is 10.0. The standard InChI is InChI=1S/C13H16BrN3/c1-7-3-9(14)4-11-12(7)17-13(16-11)10-6-15-5-8(10)2/h3-4,8,10,15H,5-6H2,1-2H3,(H,16,17)/t8-,10-/m1/s1. The number of fused-ring (bicyclic) bond motifs is 1. The molecule has 2 N–H and O–H groups in total. The molecule has 3 rings (SSSR count). The van der Waals surface area contributed by atoms with E-state index in [9.17, 15) is 0 Å². The van der Waals surface area contributed by atoms with Crippen molar-refractivity contribution in [2.24, 2.45) is 5.92 Å². The molecule has 2 atom stereocenters. The van der Waals surface area contributed by atoms with Gasteiger partial charge < -0.3 is 10.3 Å². The molecule has 1 aromatic heterocycles. The highest BCUT2D eigenvalue weighted by Gasteiger charge is 2.27. The average Bonchev–Trinajstić information content (AvgIpc) is 2.83. The third kappa shape index (κ3) is 1.89. The molecule has 0 radical (unpaired) electrons. The summed E-state index contributed by atoms with van der Waals surface area (Å²) < 4.78 is 1.11. The second kappa shape index (κ2) is 4.10. The summed E-state index contributed by atoms with van der Waals surface area (Å²) in [5, 5.41) is 3.42. The van der Waals surface area contributed by atoms with E-state index in [0.29, 0.717) is 11.8 Å². The average molecular weight is 294 g/mol. The normalized spacial score (nSPS) is 24.6. The fourth-order valence-electron chi connectivity index (χ4n) is 2.62. The maximum absolute atomic E-state index is 4.77. The Labute approximate surface area is 109 Å². The Kier molecular flexibility index (Phi) is 2.71. The summed E-state index contributed by atoms with van der Waals surface area (Å²) >= 11 is 3.53. The van der Waals surface area contributed by atoms with Crippen molar-refractivity contribution in [1.82, 2.24) is 15.3 Å². The lowest BCUT2D eigenvalue weighted by Gasteiger charge is -2.09. The summed E-state index contributed by atoms with van der Waals surface area (Å²) in [5.41, 5.74) is 3.45. The van der Waals surface area contributed by atoms with E-state index in [1.54, 1.807) is 0 Å². The predicted octanol–water partition coefficient (Wildman–Crippen LogP) is 2.96. The van der Waals surface area contributed by atoms with Crippen LogP contribution in [0.25, 0.3) is 11.0 Å². The van der Waals surface area contributed by atoms with E-state index in [4.69, 9.17) is 4.98 Å². The number of benzene rings is 1. The Morgan fingerprint density at radius 3 is 2.88 bits per heavy atom. The molecule has 0 bridgehead atoms. The van der Waals surface area contributed by atoms with Crippen LogP contribution in [0, 0.1) is 12.8 Å². The lowest BCUT2D eigenvalue weighted by atomic mass is 9.98. The highest BCUT2D eigenvalue weighted by molar-refractivity contribution is 9.10. The highest BCUT2D eigenvalue weighted by Crippen LogP contribution is 2.29. The number of rotatable bonds is 1. The minimum absolute atomic E-state index is 0.514. The van der Waals surface area contributed by atoms with Crippen LogP contribution >= 0.6 is 15.9 Å². The Morgan fingerprint density at radius 2 is 2.18 bits per heavy atom. The fourth-order valence-corrected chi connectivity index (χ4v) is 3.19. The largest absolute Gasteiger partial charge is 0.342 e. The van der Waals surface area contributed by atoms with Gasteiger partial charge in [-0.25, -0.2) is 4.98 Å². The van der Waals surface area contributed by atoms with Crippen LogP contribution in [0.3, 0.4) is 0 Å². The van der Waals surface area contributed by atoms with Gasteiger partial charge in [0.15, 0.2) is 0 Å². The molecule has 1 fully saturated rings. The molecule has 1 aromatic carbocycles. The van der Waals surface area contributed by atoms with Crippen LogP contribution in [-0.4, -0.2) is 23.1 Å². The monoisotopic (exact) mass is 293 g/mol. The maximum Gasteiger partial charge on any atom is 0.111 e. The number of halogens is 1. The van der Waals surface area contributed by atoms with Gasteiger partial charge in [0.05, 0.1) is 11.0 Å². The van der Waals surface area contributed by atoms with E-state index >= 15 is 0 Å². The summed E-state index contributed by atoms with van der Waals surface area (Å²) in [6.45, 7) is 6.50. The van der Waals surface area contributed by atoms with E-state index in [1.165, 1.54) is 5.56 Å². The second-order valence-corrected chi connectivity index (χ2v) is 5.90. The van der Waals surface area contributed by atoms with Crippen molar-refractivity contribution < 1.29 is 0 Å². The summed E-state index contributed by atoms with van der Waals surface area (Å²) in [7, 11) is 0. The van der Waals surface area contributed by atoms with Gasteiger partial charge in [0.2, 0.25) is 0 Å². The van der Waals surface area contributed by atoms with Crippen molar-refractivity contribution in [2.75, 3.05) is 13.1 Å². The van der Waals surface area contributed by atoms with Crippen LogP contribution in [0.15, 0.2) is 16.6 Å². The first-order chi connectivity index (χ1) is 8.15. The summed E-state index contributed by atoms with van der Waals surface area (Å²) in [6, 6.07) is 4.22. The van der Waals surface area contributed by atoms with Crippen molar-refractivity contribution in [2.45, 2.75) is 19.8 Å². The minimum Gasteiger partial charge on any atom is -0.342 e. The smallest absolute Gasteiger partial charge is 0.111 e.